The largest absolute Gasteiger partial charge is 0.396 e. The van der Waals surface area contributed by atoms with E-state index in [0.717, 1.165) is 31.4 Å². The highest BCUT2D eigenvalue weighted by molar-refractivity contribution is 6.33. The molecule has 0 spiro atoms. The normalized spacial score (nSPS) is 10.5. The van der Waals surface area contributed by atoms with Crippen molar-refractivity contribution < 1.29 is 13.9 Å². The monoisotopic (exact) mass is 249 g/mol. The van der Waals surface area contributed by atoms with Gasteiger partial charge in [-0.15, -0.1) is 0 Å². The minimum atomic E-state index is -0.688. The van der Waals surface area contributed by atoms with Gasteiger partial charge in [-0.1, -0.05) is 11.6 Å². The number of halogens is 3. The van der Waals surface area contributed by atoms with E-state index in [4.69, 9.17) is 16.7 Å². The van der Waals surface area contributed by atoms with Crippen LogP contribution in [0.4, 0.5) is 14.5 Å². The van der Waals surface area contributed by atoms with Gasteiger partial charge in [-0.3, -0.25) is 0 Å². The highest BCUT2D eigenvalue weighted by Gasteiger charge is 2.08. The summed E-state index contributed by atoms with van der Waals surface area (Å²) in [5, 5.41) is 11.4. The van der Waals surface area contributed by atoms with Gasteiger partial charge in [0.25, 0.3) is 0 Å². The number of hydrogen-bond acceptors (Lipinski definition) is 2. The first kappa shape index (κ1) is 13.2. The quantitative estimate of drug-likeness (QED) is 0.759. The molecular weight excluding hydrogens is 236 g/mol. The zero-order valence-corrected chi connectivity index (χ0v) is 9.53. The Hall–Kier alpha value is -0.870. The van der Waals surface area contributed by atoms with Gasteiger partial charge in [-0.05, 0) is 25.3 Å². The number of anilines is 1. The van der Waals surface area contributed by atoms with Gasteiger partial charge in [0.2, 0.25) is 0 Å². The minimum absolute atomic E-state index is 0.0414. The van der Waals surface area contributed by atoms with E-state index < -0.39 is 11.6 Å². The Morgan fingerprint density at radius 1 is 1.19 bits per heavy atom. The van der Waals surface area contributed by atoms with Crippen LogP contribution in [-0.4, -0.2) is 18.3 Å². The molecule has 0 aromatic heterocycles. The number of unbranched alkanes of at least 4 members (excludes halogenated alkanes) is 2. The molecule has 5 heteroatoms. The third-order valence-corrected chi connectivity index (χ3v) is 2.44. The maximum Gasteiger partial charge on any atom is 0.150 e. The van der Waals surface area contributed by atoms with Crippen LogP contribution in [0.25, 0.3) is 0 Å². The summed E-state index contributed by atoms with van der Waals surface area (Å²) in [6, 6.07) is 1.86. The molecule has 0 atom stereocenters. The molecule has 2 nitrogen and oxygen atoms in total. The van der Waals surface area contributed by atoms with Gasteiger partial charge in [-0.2, -0.15) is 0 Å². The molecule has 0 saturated heterocycles. The van der Waals surface area contributed by atoms with Crippen molar-refractivity contribution in [1.82, 2.24) is 0 Å². The molecule has 0 unspecified atom stereocenters. The topological polar surface area (TPSA) is 32.3 Å². The number of rotatable bonds is 6. The molecular formula is C11H14ClF2NO. The summed E-state index contributed by atoms with van der Waals surface area (Å²) in [4.78, 5) is 0. The lowest BCUT2D eigenvalue weighted by Crippen LogP contribution is -2.04. The SMILES string of the molecule is OCCCCCNc1c(F)cc(F)cc1Cl. The van der Waals surface area contributed by atoms with Crippen molar-refractivity contribution in [1.29, 1.82) is 0 Å². The third kappa shape index (κ3) is 3.94. The lowest BCUT2D eigenvalue weighted by Gasteiger charge is -2.09. The second-order valence-corrected chi connectivity index (χ2v) is 3.86. The molecule has 0 aliphatic rings. The Bertz CT molecular complexity index is 324. The second-order valence-electron chi connectivity index (χ2n) is 3.46. The zero-order valence-electron chi connectivity index (χ0n) is 8.77. The van der Waals surface area contributed by atoms with E-state index in [-0.39, 0.29) is 17.3 Å². The molecule has 16 heavy (non-hydrogen) atoms. The molecule has 0 aliphatic carbocycles. The van der Waals surface area contributed by atoms with Crippen molar-refractivity contribution in [3.8, 4) is 0 Å². The Morgan fingerprint density at radius 2 is 1.94 bits per heavy atom. The van der Waals surface area contributed by atoms with Crippen LogP contribution in [0, 0.1) is 11.6 Å². The molecule has 2 N–H and O–H groups in total. The highest BCUT2D eigenvalue weighted by Crippen LogP contribution is 2.26. The van der Waals surface area contributed by atoms with E-state index >= 15 is 0 Å². The zero-order chi connectivity index (χ0) is 12.0. The van der Waals surface area contributed by atoms with Crippen LogP contribution >= 0.6 is 11.6 Å². The van der Waals surface area contributed by atoms with Crippen LogP contribution in [0.15, 0.2) is 12.1 Å². The van der Waals surface area contributed by atoms with Crippen molar-refractivity contribution in [3.63, 3.8) is 0 Å². The summed E-state index contributed by atoms with van der Waals surface area (Å²) >= 11 is 5.69. The first-order chi connectivity index (χ1) is 7.65. The predicted octanol–water partition coefficient (Wildman–Crippen LogP) is 3.19. The molecule has 0 amide bonds. The smallest absolute Gasteiger partial charge is 0.150 e. The fraction of sp³-hybridized carbons (Fsp3) is 0.455. The van der Waals surface area contributed by atoms with Gasteiger partial charge in [0.05, 0.1) is 10.7 Å². The van der Waals surface area contributed by atoms with E-state index in [1.54, 1.807) is 0 Å². The van der Waals surface area contributed by atoms with Crippen LogP contribution in [0.2, 0.25) is 5.02 Å². The molecule has 0 radical (unpaired) electrons. The van der Waals surface area contributed by atoms with Crippen molar-refractivity contribution in [2.24, 2.45) is 0 Å². The summed E-state index contributed by atoms with van der Waals surface area (Å²) in [7, 11) is 0. The van der Waals surface area contributed by atoms with E-state index in [1.807, 2.05) is 0 Å². The predicted molar refractivity (Wildman–Crippen MR) is 60.8 cm³/mol. The van der Waals surface area contributed by atoms with Gasteiger partial charge >= 0.3 is 0 Å². The number of nitrogens with one attached hydrogen (secondary N) is 1. The second kappa shape index (κ2) is 6.66. The van der Waals surface area contributed by atoms with E-state index in [1.165, 1.54) is 0 Å². The summed E-state index contributed by atoms with van der Waals surface area (Å²) in [5.41, 5.74) is 0.132. The van der Waals surface area contributed by atoms with Gasteiger partial charge in [0.1, 0.15) is 5.82 Å². The lowest BCUT2D eigenvalue weighted by molar-refractivity contribution is 0.283. The summed E-state index contributed by atoms with van der Waals surface area (Å²) in [6.45, 7) is 0.702. The Labute approximate surface area is 98.2 Å². The first-order valence-electron chi connectivity index (χ1n) is 5.14. The van der Waals surface area contributed by atoms with E-state index in [9.17, 15) is 8.78 Å². The average molecular weight is 250 g/mol. The molecule has 0 aliphatic heterocycles. The number of hydrogen-bond donors (Lipinski definition) is 2. The van der Waals surface area contributed by atoms with Gasteiger partial charge in [0.15, 0.2) is 5.82 Å². The van der Waals surface area contributed by atoms with Crippen LogP contribution in [0.3, 0.4) is 0 Å². The molecule has 0 fully saturated rings. The molecule has 1 rings (SSSR count). The minimum Gasteiger partial charge on any atom is -0.396 e. The van der Waals surface area contributed by atoms with Crippen molar-refractivity contribution in [2.45, 2.75) is 19.3 Å². The molecule has 0 bridgehead atoms. The van der Waals surface area contributed by atoms with Crippen LogP contribution in [0.1, 0.15) is 19.3 Å². The van der Waals surface area contributed by atoms with Crippen molar-refractivity contribution in [2.75, 3.05) is 18.5 Å². The van der Waals surface area contributed by atoms with Crippen molar-refractivity contribution >= 4 is 17.3 Å². The molecule has 1 aromatic carbocycles. The molecule has 90 valence electrons. The number of benzene rings is 1. The maximum absolute atomic E-state index is 13.3. The lowest BCUT2D eigenvalue weighted by atomic mass is 10.2. The highest BCUT2D eigenvalue weighted by atomic mass is 35.5. The number of aliphatic hydroxyl groups excluding tert-OH is 1. The summed E-state index contributed by atoms with van der Waals surface area (Å²) in [5.74, 6) is -1.37. The molecule has 1 aromatic rings. The van der Waals surface area contributed by atoms with E-state index in [0.29, 0.717) is 6.54 Å². The fourth-order valence-corrected chi connectivity index (χ4v) is 1.60. The van der Waals surface area contributed by atoms with Crippen LogP contribution < -0.4 is 5.32 Å². The molecule has 0 heterocycles. The summed E-state index contributed by atoms with van der Waals surface area (Å²) in [6.07, 6.45) is 2.37. The van der Waals surface area contributed by atoms with Crippen LogP contribution in [-0.2, 0) is 0 Å². The standard InChI is InChI=1S/C11H14ClF2NO/c12-9-6-8(13)7-10(14)11(9)15-4-2-1-3-5-16/h6-7,15-16H,1-5H2. The molecule has 0 saturated carbocycles. The Morgan fingerprint density at radius 3 is 2.56 bits per heavy atom. The van der Waals surface area contributed by atoms with Gasteiger partial charge < -0.3 is 10.4 Å². The van der Waals surface area contributed by atoms with Crippen molar-refractivity contribution in [3.05, 3.63) is 28.8 Å². The number of aliphatic hydroxyl groups is 1. The van der Waals surface area contributed by atoms with E-state index in [2.05, 4.69) is 5.32 Å². The van der Waals surface area contributed by atoms with Crippen LogP contribution in [0.5, 0.6) is 0 Å². The third-order valence-electron chi connectivity index (χ3n) is 2.14. The van der Waals surface area contributed by atoms with Gasteiger partial charge in [0, 0.05) is 19.2 Å². The fourth-order valence-electron chi connectivity index (χ4n) is 1.34. The van der Waals surface area contributed by atoms with Gasteiger partial charge in [-0.25, -0.2) is 8.78 Å². The summed E-state index contributed by atoms with van der Waals surface area (Å²) < 4.78 is 26.0. The first-order valence-corrected chi connectivity index (χ1v) is 5.52. The Balaban J connectivity index is 2.47. The Kier molecular flexibility index (Phi) is 5.49. The average Bonchev–Trinajstić information content (AvgIpc) is 2.20. The maximum atomic E-state index is 13.3.